The van der Waals surface area contributed by atoms with Gasteiger partial charge in [0.25, 0.3) is 0 Å². The SMILES string of the molecule is CC(=O)Nc1ccc(S(=O)(=O)N(C)CC(=O)N(C)C(C)C(=O)O)cc1. The van der Waals surface area contributed by atoms with Gasteiger partial charge in [-0.1, -0.05) is 0 Å². The largest absolute Gasteiger partial charge is 0.480 e. The third-order valence-electron chi connectivity index (χ3n) is 3.57. The van der Waals surface area contributed by atoms with E-state index in [4.69, 9.17) is 5.11 Å². The number of likely N-dealkylation sites (N-methyl/N-ethyl adjacent to an activating group) is 2. The Hall–Kier alpha value is -2.46. The summed E-state index contributed by atoms with van der Waals surface area (Å²) in [7, 11) is -1.41. The number of sulfonamides is 1. The first kappa shape index (κ1) is 20.6. The topological polar surface area (TPSA) is 124 Å². The molecule has 1 rings (SSSR count). The van der Waals surface area contributed by atoms with Crippen LogP contribution in [0.1, 0.15) is 13.8 Å². The molecule has 2 amide bonds. The molecule has 0 spiro atoms. The van der Waals surface area contributed by atoms with E-state index in [1.54, 1.807) is 0 Å². The average Bonchev–Trinajstić information content (AvgIpc) is 2.52. The summed E-state index contributed by atoms with van der Waals surface area (Å²) in [5.74, 6) is -2.11. The number of hydrogen-bond acceptors (Lipinski definition) is 5. The lowest BCUT2D eigenvalue weighted by Gasteiger charge is -2.24. The number of anilines is 1. The molecule has 2 N–H and O–H groups in total. The fourth-order valence-corrected chi connectivity index (χ4v) is 2.98. The van der Waals surface area contributed by atoms with Gasteiger partial charge in [-0.2, -0.15) is 4.31 Å². The van der Waals surface area contributed by atoms with Crippen LogP contribution in [0.4, 0.5) is 5.69 Å². The molecule has 0 radical (unpaired) electrons. The fraction of sp³-hybridized carbons (Fsp3) is 0.400. The normalized spacial score (nSPS) is 12.5. The number of amides is 2. The fourth-order valence-electron chi connectivity index (χ4n) is 1.86. The number of aliphatic carboxylic acids is 1. The third kappa shape index (κ3) is 5.26. The van der Waals surface area contributed by atoms with E-state index in [0.717, 1.165) is 9.21 Å². The van der Waals surface area contributed by atoms with Gasteiger partial charge in [0.15, 0.2) is 0 Å². The van der Waals surface area contributed by atoms with Gasteiger partial charge >= 0.3 is 5.97 Å². The molecule has 0 aliphatic heterocycles. The van der Waals surface area contributed by atoms with E-state index in [0.29, 0.717) is 5.69 Å². The van der Waals surface area contributed by atoms with Crippen molar-refractivity contribution >= 4 is 33.5 Å². The lowest BCUT2D eigenvalue weighted by atomic mass is 10.3. The highest BCUT2D eigenvalue weighted by atomic mass is 32.2. The number of rotatable bonds is 7. The number of nitrogens with one attached hydrogen (secondary N) is 1. The standard InChI is InChI=1S/C15H21N3O6S/c1-10(15(21)22)18(4)14(20)9-17(3)25(23,24)13-7-5-12(6-8-13)16-11(2)19/h5-8,10H,9H2,1-4H3,(H,16,19)(H,21,22). The first-order valence-electron chi connectivity index (χ1n) is 7.29. The van der Waals surface area contributed by atoms with Gasteiger partial charge in [-0.25, -0.2) is 13.2 Å². The summed E-state index contributed by atoms with van der Waals surface area (Å²) in [6.07, 6.45) is 0. The molecule has 1 unspecified atom stereocenters. The maximum Gasteiger partial charge on any atom is 0.326 e. The van der Waals surface area contributed by atoms with E-state index in [9.17, 15) is 22.8 Å². The van der Waals surface area contributed by atoms with Crippen LogP contribution in [-0.2, 0) is 24.4 Å². The van der Waals surface area contributed by atoms with E-state index in [2.05, 4.69) is 5.32 Å². The molecule has 9 nitrogen and oxygen atoms in total. The Morgan fingerprint density at radius 2 is 1.68 bits per heavy atom. The van der Waals surface area contributed by atoms with Crippen LogP contribution >= 0.6 is 0 Å². The van der Waals surface area contributed by atoms with Crippen LogP contribution < -0.4 is 5.32 Å². The zero-order chi connectivity index (χ0) is 19.4. The lowest BCUT2D eigenvalue weighted by Crippen LogP contribution is -2.45. The molecule has 0 aromatic heterocycles. The molecule has 10 heteroatoms. The van der Waals surface area contributed by atoms with Crippen LogP contribution in [0.2, 0.25) is 0 Å². The van der Waals surface area contributed by atoms with E-state index in [-0.39, 0.29) is 10.8 Å². The highest BCUT2D eigenvalue weighted by Gasteiger charge is 2.27. The molecule has 0 heterocycles. The Labute approximate surface area is 146 Å². The Balaban J connectivity index is 2.89. The molecule has 1 aromatic carbocycles. The van der Waals surface area contributed by atoms with Gasteiger partial charge in [0.1, 0.15) is 6.04 Å². The minimum atomic E-state index is -3.93. The van der Waals surface area contributed by atoms with Gasteiger partial charge in [0, 0.05) is 26.7 Å². The highest BCUT2D eigenvalue weighted by molar-refractivity contribution is 7.89. The zero-order valence-corrected chi connectivity index (χ0v) is 15.2. The van der Waals surface area contributed by atoms with Crippen LogP contribution in [-0.4, -0.2) is 67.2 Å². The predicted octanol–water partition coefficient (Wildman–Crippen LogP) is 0.197. The third-order valence-corrected chi connectivity index (χ3v) is 5.39. The number of hydrogen-bond donors (Lipinski definition) is 2. The van der Waals surface area contributed by atoms with Crippen molar-refractivity contribution in [2.45, 2.75) is 24.8 Å². The molecule has 1 atom stereocenters. The van der Waals surface area contributed by atoms with Gasteiger partial charge in [-0.05, 0) is 31.2 Å². The number of nitrogens with zero attached hydrogens (tertiary/aromatic N) is 2. The van der Waals surface area contributed by atoms with E-state index in [1.807, 2.05) is 0 Å². The molecule has 1 aromatic rings. The Kier molecular flexibility index (Phi) is 6.65. The van der Waals surface area contributed by atoms with Crippen molar-refractivity contribution in [1.29, 1.82) is 0 Å². The second-order valence-corrected chi connectivity index (χ2v) is 7.53. The molecule has 0 saturated carbocycles. The second-order valence-electron chi connectivity index (χ2n) is 5.49. The van der Waals surface area contributed by atoms with Crippen molar-refractivity contribution in [2.75, 3.05) is 26.0 Å². The second kappa shape index (κ2) is 8.08. The molecular formula is C15H21N3O6S. The minimum Gasteiger partial charge on any atom is -0.480 e. The summed E-state index contributed by atoms with van der Waals surface area (Å²) in [5, 5.41) is 11.4. The number of carboxylic acids is 1. The zero-order valence-electron chi connectivity index (χ0n) is 14.4. The summed E-state index contributed by atoms with van der Waals surface area (Å²) >= 11 is 0. The van der Waals surface area contributed by atoms with Crippen molar-refractivity contribution in [2.24, 2.45) is 0 Å². The van der Waals surface area contributed by atoms with Crippen molar-refractivity contribution < 1.29 is 27.9 Å². The highest BCUT2D eigenvalue weighted by Crippen LogP contribution is 2.17. The Morgan fingerprint density at radius 3 is 2.12 bits per heavy atom. The van der Waals surface area contributed by atoms with Gasteiger partial charge in [-0.3, -0.25) is 9.59 Å². The van der Waals surface area contributed by atoms with Crippen LogP contribution in [0.3, 0.4) is 0 Å². The summed E-state index contributed by atoms with van der Waals surface area (Å²) < 4.78 is 25.8. The molecule has 0 bridgehead atoms. The Bertz CT molecular complexity index is 760. The summed E-state index contributed by atoms with van der Waals surface area (Å²) in [6, 6.07) is 4.42. The predicted molar refractivity (Wildman–Crippen MR) is 90.4 cm³/mol. The smallest absolute Gasteiger partial charge is 0.326 e. The average molecular weight is 371 g/mol. The first-order chi connectivity index (χ1) is 11.5. The maximum atomic E-state index is 12.5. The number of carbonyl (C=O) groups excluding carboxylic acids is 2. The van der Waals surface area contributed by atoms with Crippen LogP contribution in [0.15, 0.2) is 29.2 Å². The van der Waals surface area contributed by atoms with Gasteiger partial charge in [0.05, 0.1) is 11.4 Å². The molecular weight excluding hydrogens is 350 g/mol. The monoisotopic (exact) mass is 371 g/mol. The van der Waals surface area contributed by atoms with Crippen LogP contribution in [0.25, 0.3) is 0 Å². The van der Waals surface area contributed by atoms with Gasteiger partial charge < -0.3 is 15.3 Å². The first-order valence-corrected chi connectivity index (χ1v) is 8.73. The minimum absolute atomic E-state index is 0.0501. The van der Waals surface area contributed by atoms with Crippen molar-refractivity contribution in [1.82, 2.24) is 9.21 Å². The van der Waals surface area contributed by atoms with E-state index >= 15 is 0 Å². The quantitative estimate of drug-likeness (QED) is 0.705. The Morgan fingerprint density at radius 1 is 1.16 bits per heavy atom. The summed E-state index contributed by atoms with van der Waals surface area (Å²) in [6.45, 7) is 2.16. The van der Waals surface area contributed by atoms with Crippen LogP contribution in [0, 0.1) is 0 Å². The number of carboxylic acid groups (broad SMARTS) is 1. The van der Waals surface area contributed by atoms with Crippen LogP contribution in [0.5, 0.6) is 0 Å². The number of benzene rings is 1. The van der Waals surface area contributed by atoms with Crippen molar-refractivity contribution in [3.05, 3.63) is 24.3 Å². The van der Waals surface area contributed by atoms with Gasteiger partial charge in [-0.15, -0.1) is 0 Å². The molecule has 0 aliphatic carbocycles. The summed E-state index contributed by atoms with van der Waals surface area (Å²) in [4.78, 5) is 34.8. The molecule has 25 heavy (non-hydrogen) atoms. The number of carbonyl (C=O) groups is 3. The van der Waals surface area contributed by atoms with Crippen molar-refractivity contribution in [3.8, 4) is 0 Å². The summed E-state index contributed by atoms with van der Waals surface area (Å²) in [5.41, 5.74) is 0.445. The van der Waals surface area contributed by atoms with Gasteiger partial charge in [0.2, 0.25) is 21.8 Å². The molecule has 138 valence electrons. The molecule has 0 saturated heterocycles. The van der Waals surface area contributed by atoms with E-state index in [1.165, 1.54) is 52.2 Å². The lowest BCUT2D eigenvalue weighted by molar-refractivity contribution is -0.148. The maximum absolute atomic E-state index is 12.5. The molecule has 0 aliphatic rings. The molecule has 0 fully saturated rings. The van der Waals surface area contributed by atoms with Crippen molar-refractivity contribution in [3.63, 3.8) is 0 Å². The van der Waals surface area contributed by atoms with E-state index < -0.39 is 34.5 Å².